The molecule has 1 N–H and O–H groups in total. The SMILES string of the molecule is COC(=O)/C=C/C(=O)O[C@H]1CN[C@H](C(=O)Oc2ccccc2)C1. The lowest BCUT2D eigenvalue weighted by molar-refractivity contribution is -0.144. The molecule has 0 aromatic heterocycles. The van der Waals surface area contributed by atoms with Crippen molar-refractivity contribution in [2.24, 2.45) is 0 Å². The maximum absolute atomic E-state index is 12.0. The summed E-state index contributed by atoms with van der Waals surface area (Å²) in [6.45, 7) is 0.340. The molecule has 1 aromatic carbocycles. The second kappa shape index (κ2) is 8.09. The van der Waals surface area contributed by atoms with E-state index in [1.807, 2.05) is 6.07 Å². The van der Waals surface area contributed by atoms with Gasteiger partial charge in [0.2, 0.25) is 0 Å². The van der Waals surface area contributed by atoms with E-state index in [1.165, 1.54) is 7.11 Å². The molecule has 0 unspecified atom stereocenters. The Balaban J connectivity index is 1.79. The predicted octanol–water partition coefficient (Wildman–Crippen LogP) is 0.595. The molecular formula is C16H17NO6. The molecule has 0 amide bonds. The average molecular weight is 319 g/mol. The van der Waals surface area contributed by atoms with E-state index in [1.54, 1.807) is 24.3 Å². The molecule has 0 radical (unpaired) electrons. The number of esters is 3. The summed E-state index contributed by atoms with van der Waals surface area (Å²) < 4.78 is 14.7. The molecule has 7 heteroatoms. The van der Waals surface area contributed by atoms with Crippen molar-refractivity contribution >= 4 is 17.9 Å². The van der Waals surface area contributed by atoms with Gasteiger partial charge >= 0.3 is 17.9 Å². The number of benzene rings is 1. The van der Waals surface area contributed by atoms with E-state index in [4.69, 9.17) is 9.47 Å². The van der Waals surface area contributed by atoms with E-state index in [0.29, 0.717) is 18.7 Å². The Morgan fingerprint density at radius 1 is 1.13 bits per heavy atom. The molecule has 122 valence electrons. The summed E-state index contributed by atoms with van der Waals surface area (Å²) in [5.74, 6) is -1.28. The van der Waals surface area contributed by atoms with Gasteiger partial charge < -0.3 is 19.5 Å². The van der Waals surface area contributed by atoms with Crippen LogP contribution in [0.15, 0.2) is 42.5 Å². The van der Waals surface area contributed by atoms with E-state index < -0.39 is 30.1 Å². The lowest BCUT2D eigenvalue weighted by Gasteiger charge is -2.10. The number of carbonyl (C=O) groups is 3. The fraction of sp³-hybridized carbons (Fsp3) is 0.312. The van der Waals surface area contributed by atoms with Crippen LogP contribution in [0.3, 0.4) is 0 Å². The molecular weight excluding hydrogens is 302 g/mol. The van der Waals surface area contributed by atoms with Crippen LogP contribution in [0.5, 0.6) is 5.75 Å². The molecule has 0 aliphatic carbocycles. The van der Waals surface area contributed by atoms with E-state index in [0.717, 1.165) is 12.2 Å². The smallest absolute Gasteiger partial charge is 0.331 e. The summed E-state index contributed by atoms with van der Waals surface area (Å²) in [5.41, 5.74) is 0. The highest BCUT2D eigenvalue weighted by Crippen LogP contribution is 2.15. The van der Waals surface area contributed by atoms with Crippen molar-refractivity contribution in [3.63, 3.8) is 0 Å². The van der Waals surface area contributed by atoms with Gasteiger partial charge in [-0.15, -0.1) is 0 Å². The topological polar surface area (TPSA) is 90.9 Å². The van der Waals surface area contributed by atoms with Gasteiger partial charge in [0.05, 0.1) is 7.11 Å². The maximum Gasteiger partial charge on any atom is 0.331 e. The van der Waals surface area contributed by atoms with Gasteiger partial charge in [0.1, 0.15) is 17.9 Å². The lowest BCUT2D eigenvalue weighted by Crippen LogP contribution is -2.34. The summed E-state index contributed by atoms with van der Waals surface area (Å²) >= 11 is 0. The van der Waals surface area contributed by atoms with Crippen LogP contribution in [-0.4, -0.2) is 43.7 Å². The molecule has 1 heterocycles. The summed E-state index contributed by atoms with van der Waals surface area (Å²) in [7, 11) is 1.21. The van der Waals surface area contributed by atoms with Gasteiger partial charge in [-0.05, 0) is 12.1 Å². The van der Waals surface area contributed by atoms with Crippen LogP contribution in [0.4, 0.5) is 0 Å². The monoisotopic (exact) mass is 319 g/mol. The number of para-hydroxylation sites is 1. The largest absolute Gasteiger partial charge is 0.466 e. The van der Waals surface area contributed by atoms with Crippen LogP contribution in [0, 0.1) is 0 Å². The number of carbonyl (C=O) groups excluding carboxylic acids is 3. The van der Waals surface area contributed by atoms with Crippen LogP contribution >= 0.6 is 0 Å². The minimum Gasteiger partial charge on any atom is -0.466 e. The molecule has 0 saturated carbocycles. The minimum absolute atomic E-state index is 0.309. The van der Waals surface area contributed by atoms with E-state index in [2.05, 4.69) is 10.1 Å². The van der Waals surface area contributed by atoms with Gasteiger partial charge in [0.25, 0.3) is 0 Å². The number of hydrogen-bond acceptors (Lipinski definition) is 7. The third kappa shape index (κ3) is 5.23. The average Bonchev–Trinajstić information content (AvgIpc) is 3.02. The van der Waals surface area contributed by atoms with Crippen LogP contribution in [0.1, 0.15) is 6.42 Å². The highest BCUT2D eigenvalue weighted by molar-refractivity contribution is 5.91. The molecule has 7 nitrogen and oxygen atoms in total. The molecule has 1 aromatic rings. The fourth-order valence-corrected chi connectivity index (χ4v) is 2.06. The molecule has 0 spiro atoms. The van der Waals surface area contributed by atoms with Gasteiger partial charge in [0, 0.05) is 25.1 Å². The van der Waals surface area contributed by atoms with Gasteiger partial charge in [0.15, 0.2) is 0 Å². The van der Waals surface area contributed by atoms with Crippen molar-refractivity contribution in [1.82, 2.24) is 5.32 Å². The van der Waals surface area contributed by atoms with Crippen molar-refractivity contribution in [3.05, 3.63) is 42.5 Å². The van der Waals surface area contributed by atoms with Crippen molar-refractivity contribution in [1.29, 1.82) is 0 Å². The Bertz CT molecular complexity index is 598. The number of methoxy groups -OCH3 is 1. The Morgan fingerprint density at radius 3 is 2.52 bits per heavy atom. The molecule has 1 fully saturated rings. The first-order chi connectivity index (χ1) is 11.1. The Morgan fingerprint density at radius 2 is 1.83 bits per heavy atom. The Kier molecular flexibility index (Phi) is 5.87. The molecule has 0 bridgehead atoms. The highest BCUT2D eigenvalue weighted by Gasteiger charge is 2.32. The predicted molar refractivity (Wildman–Crippen MR) is 79.5 cm³/mol. The van der Waals surface area contributed by atoms with Gasteiger partial charge in [-0.3, -0.25) is 0 Å². The second-order valence-electron chi connectivity index (χ2n) is 4.85. The zero-order valence-corrected chi connectivity index (χ0v) is 12.6. The maximum atomic E-state index is 12.0. The number of ether oxygens (including phenoxy) is 3. The summed E-state index contributed by atoms with van der Waals surface area (Å²) in [5, 5.41) is 2.94. The van der Waals surface area contributed by atoms with Crippen molar-refractivity contribution in [2.45, 2.75) is 18.6 Å². The van der Waals surface area contributed by atoms with Crippen LogP contribution in [0.25, 0.3) is 0 Å². The minimum atomic E-state index is -0.667. The van der Waals surface area contributed by atoms with E-state index >= 15 is 0 Å². The first kappa shape index (κ1) is 16.7. The van der Waals surface area contributed by atoms with Crippen LogP contribution in [0.2, 0.25) is 0 Å². The highest BCUT2D eigenvalue weighted by atomic mass is 16.6. The van der Waals surface area contributed by atoms with Gasteiger partial charge in [-0.1, -0.05) is 18.2 Å². The standard InChI is InChI=1S/C16H17NO6/c1-21-14(18)7-8-15(19)22-12-9-13(17-10-12)16(20)23-11-5-3-2-4-6-11/h2-8,12-13,17H,9-10H2,1H3/b8-7+/t12-,13+/m1/s1. The fourth-order valence-electron chi connectivity index (χ4n) is 2.06. The normalized spacial score (nSPS) is 20.2. The second-order valence-corrected chi connectivity index (χ2v) is 4.85. The van der Waals surface area contributed by atoms with Gasteiger partial charge in [-0.25, -0.2) is 14.4 Å². The van der Waals surface area contributed by atoms with E-state index in [-0.39, 0.29) is 0 Å². The number of hydrogen-bond donors (Lipinski definition) is 1. The molecule has 2 rings (SSSR count). The lowest BCUT2D eigenvalue weighted by atomic mass is 10.2. The van der Waals surface area contributed by atoms with Crippen molar-refractivity contribution < 1.29 is 28.6 Å². The Labute approximate surface area is 133 Å². The van der Waals surface area contributed by atoms with Crippen LogP contribution in [-0.2, 0) is 23.9 Å². The number of rotatable bonds is 5. The zero-order valence-electron chi connectivity index (χ0n) is 12.6. The van der Waals surface area contributed by atoms with E-state index in [9.17, 15) is 14.4 Å². The zero-order chi connectivity index (χ0) is 16.7. The number of nitrogens with one attached hydrogen (secondary N) is 1. The molecule has 1 aliphatic rings. The van der Waals surface area contributed by atoms with Crippen LogP contribution < -0.4 is 10.1 Å². The molecule has 1 saturated heterocycles. The molecule has 1 aliphatic heterocycles. The van der Waals surface area contributed by atoms with Gasteiger partial charge in [-0.2, -0.15) is 0 Å². The Hall–Kier alpha value is -2.67. The van der Waals surface area contributed by atoms with Crippen molar-refractivity contribution in [2.75, 3.05) is 13.7 Å². The molecule has 23 heavy (non-hydrogen) atoms. The molecule has 2 atom stereocenters. The first-order valence-corrected chi connectivity index (χ1v) is 7.05. The summed E-state index contributed by atoms with van der Waals surface area (Å²) in [4.78, 5) is 34.4. The first-order valence-electron chi connectivity index (χ1n) is 7.05. The third-order valence-corrected chi connectivity index (χ3v) is 3.18. The summed E-state index contributed by atoms with van der Waals surface area (Å²) in [6, 6.07) is 8.18. The quantitative estimate of drug-likeness (QED) is 0.482. The van der Waals surface area contributed by atoms with Crippen molar-refractivity contribution in [3.8, 4) is 5.75 Å². The third-order valence-electron chi connectivity index (χ3n) is 3.18. The summed E-state index contributed by atoms with van der Waals surface area (Å²) in [6.07, 6.45) is 1.81.